The maximum Gasteiger partial charge on any atom is 0.237 e. The molecule has 0 bridgehead atoms. The maximum atomic E-state index is 12.9. The van der Waals surface area contributed by atoms with Crippen LogP contribution in [0.25, 0.3) is 0 Å². The molecule has 2 N–H and O–H groups in total. The van der Waals surface area contributed by atoms with Crippen molar-refractivity contribution in [1.29, 1.82) is 5.41 Å². The molecule has 4 rings (SSSR count). The van der Waals surface area contributed by atoms with Crippen molar-refractivity contribution in [1.82, 2.24) is 4.98 Å². The highest BCUT2D eigenvalue weighted by atomic mass is 32.1. The molecule has 2 aliphatic rings. The number of rotatable bonds is 6. The molecule has 1 saturated carbocycles. The smallest absolute Gasteiger partial charge is 0.237 e. The number of nitroso groups, excluding NO2 is 1. The molecule has 0 aromatic carbocycles. The van der Waals surface area contributed by atoms with Crippen LogP contribution in [0.4, 0.5) is 5.82 Å². The van der Waals surface area contributed by atoms with Crippen molar-refractivity contribution in [3.05, 3.63) is 74.5 Å². The lowest BCUT2D eigenvalue weighted by atomic mass is 9.80. The van der Waals surface area contributed by atoms with E-state index in [1.807, 2.05) is 49.6 Å². The van der Waals surface area contributed by atoms with Crippen LogP contribution in [0.1, 0.15) is 37.1 Å². The predicted octanol–water partition coefficient (Wildman–Crippen LogP) is 4.43. The number of amides is 1. The predicted molar refractivity (Wildman–Crippen MR) is 119 cm³/mol. The van der Waals surface area contributed by atoms with E-state index in [-0.39, 0.29) is 24.2 Å². The Kier molecular flexibility index (Phi) is 5.47. The van der Waals surface area contributed by atoms with Crippen molar-refractivity contribution in [3.8, 4) is 0 Å². The third-order valence-corrected chi connectivity index (χ3v) is 6.88. The average molecular weight is 422 g/mol. The Balaban J connectivity index is 1.50. The van der Waals surface area contributed by atoms with Crippen LogP contribution in [0.15, 0.2) is 59.1 Å². The number of nitrogens with zero attached hydrogens (tertiary/aromatic N) is 2. The highest BCUT2D eigenvalue weighted by molar-refractivity contribution is 7.09. The van der Waals surface area contributed by atoms with Crippen LogP contribution in [-0.4, -0.2) is 33.9 Å². The molecule has 1 aliphatic heterocycles. The standard InChI is InChI=1S/C23H24N4O2S/c1-3-16-12-23(20-7-4-8-25-21(20)26-22(23)28)13-17(16)11-18(24)14-27(29)15(2)10-19-6-5-9-30-19/h3-9,11,15,24H,10,12-14H2,1-2H3/p+1/b16-3-,17-11-,24-18?. The van der Waals surface area contributed by atoms with Crippen LogP contribution < -0.4 is 5.32 Å². The average Bonchev–Trinajstić information content (AvgIpc) is 3.42. The zero-order valence-electron chi connectivity index (χ0n) is 17.1. The van der Waals surface area contributed by atoms with Crippen molar-refractivity contribution in [2.24, 2.45) is 0 Å². The van der Waals surface area contributed by atoms with E-state index in [2.05, 4.69) is 10.3 Å². The van der Waals surface area contributed by atoms with Gasteiger partial charge in [0.15, 0.2) is 0 Å². The summed E-state index contributed by atoms with van der Waals surface area (Å²) in [7, 11) is 0. The molecule has 30 heavy (non-hydrogen) atoms. The number of carbonyl (C=O) groups is 1. The molecular formula is C23H25N4O2S+. The molecule has 7 heteroatoms. The molecule has 2 aromatic rings. The van der Waals surface area contributed by atoms with Crippen molar-refractivity contribution >= 4 is 28.8 Å². The Labute approximate surface area is 179 Å². The first-order valence-electron chi connectivity index (χ1n) is 10.1. The number of nitrogens with one attached hydrogen (secondary N) is 2. The number of pyridine rings is 1. The number of fused-ring (bicyclic) bond motifs is 2. The molecule has 6 nitrogen and oxygen atoms in total. The third kappa shape index (κ3) is 3.65. The molecule has 154 valence electrons. The molecule has 2 aromatic heterocycles. The number of hydrogen-bond acceptors (Lipinski definition) is 5. The minimum atomic E-state index is -0.666. The monoisotopic (exact) mass is 421 g/mol. The molecule has 1 aliphatic carbocycles. The molecule has 0 saturated heterocycles. The van der Waals surface area contributed by atoms with Gasteiger partial charge in [-0.15, -0.1) is 11.3 Å². The van der Waals surface area contributed by atoms with E-state index in [1.54, 1.807) is 23.6 Å². The second-order valence-corrected chi connectivity index (χ2v) is 9.04. The number of allylic oxidation sites excluding steroid dienone is 3. The normalized spacial score (nSPS) is 23.7. The third-order valence-electron chi connectivity index (χ3n) is 5.98. The van der Waals surface area contributed by atoms with Gasteiger partial charge in [0, 0.05) is 39.6 Å². The zero-order valence-corrected chi connectivity index (χ0v) is 18.0. The van der Waals surface area contributed by atoms with Crippen LogP contribution in [0.5, 0.6) is 0 Å². The number of anilines is 1. The topological polar surface area (TPSA) is 85.9 Å². The van der Waals surface area contributed by atoms with Gasteiger partial charge >= 0.3 is 0 Å². The zero-order chi connectivity index (χ0) is 21.3. The molecule has 1 fully saturated rings. The van der Waals surface area contributed by atoms with Crippen LogP contribution >= 0.6 is 11.3 Å². The molecule has 2 unspecified atom stereocenters. The number of hydrogen-bond donors (Lipinski definition) is 2. The highest BCUT2D eigenvalue weighted by Gasteiger charge is 2.52. The summed E-state index contributed by atoms with van der Waals surface area (Å²) in [6.45, 7) is 3.87. The minimum absolute atomic E-state index is 0.0321. The molecule has 3 heterocycles. The van der Waals surface area contributed by atoms with E-state index >= 15 is 0 Å². The van der Waals surface area contributed by atoms with Crippen LogP contribution in [0.2, 0.25) is 0 Å². The van der Waals surface area contributed by atoms with Gasteiger partial charge in [0.05, 0.1) is 5.41 Å². The summed E-state index contributed by atoms with van der Waals surface area (Å²) in [5.41, 5.74) is 2.52. The molecule has 1 spiro atoms. The quantitative estimate of drug-likeness (QED) is 0.534. The van der Waals surface area contributed by atoms with Gasteiger partial charge in [-0.05, 0) is 54.5 Å². The largest absolute Gasteiger partial charge is 0.310 e. The van der Waals surface area contributed by atoms with Gasteiger partial charge in [0.25, 0.3) is 0 Å². The highest BCUT2D eigenvalue weighted by Crippen LogP contribution is 2.52. The molecule has 1 amide bonds. The van der Waals surface area contributed by atoms with Gasteiger partial charge in [0.1, 0.15) is 11.5 Å². The van der Waals surface area contributed by atoms with Crippen molar-refractivity contribution in [2.75, 3.05) is 11.9 Å². The first-order valence-corrected chi connectivity index (χ1v) is 11.0. The Bertz CT molecular complexity index is 1070. The SMILES string of the molecule is C/C=C1/CC2(C/C1=C/C(=N)C[N+](=O)C(C)Cc1cccs1)C(=O)Nc1ncccc12. The Morgan fingerprint density at radius 2 is 2.17 bits per heavy atom. The summed E-state index contributed by atoms with van der Waals surface area (Å²) in [5.74, 6) is 0.586. The van der Waals surface area contributed by atoms with Gasteiger partial charge in [0.2, 0.25) is 18.5 Å². The summed E-state index contributed by atoms with van der Waals surface area (Å²) in [4.78, 5) is 30.8. The van der Waals surface area contributed by atoms with E-state index in [0.717, 1.165) is 21.5 Å². The van der Waals surface area contributed by atoms with Crippen LogP contribution in [0, 0.1) is 10.3 Å². The lowest BCUT2D eigenvalue weighted by Gasteiger charge is -2.19. The Hall–Kier alpha value is -2.93. The molecular weight excluding hydrogens is 396 g/mol. The van der Waals surface area contributed by atoms with Gasteiger partial charge in [-0.1, -0.05) is 18.2 Å². The summed E-state index contributed by atoms with van der Waals surface area (Å²) in [6.07, 6.45) is 7.24. The number of thiophene rings is 1. The second kappa shape index (κ2) is 8.07. The fourth-order valence-electron chi connectivity index (χ4n) is 4.36. The summed E-state index contributed by atoms with van der Waals surface area (Å²) in [5, 5.41) is 13.3. The lowest BCUT2D eigenvalue weighted by Crippen LogP contribution is -2.31. The first-order chi connectivity index (χ1) is 14.4. The Morgan fingerprint density at radius 1 is 1.37 bits per heavy atom. The molecule has 2 atom stereocenters. The summed E-state index contributed by atoms with van der Waals surface area (Å²) in [6, 6.07) is 7.61. The van der Waals surface area contributed by atoms with Crippen molar-refractivity contribution in [3.63, 3.8) is 0 Å². The molecule has 0 radical (unpaired) electrons. The van der Waals surface area contributed by atoms with Gasteiger partial charge in [-0.3, -0.25) is 10.2 Å². The van der Waals surface area contributed by atoms with Gasteiger partial charge < -0.3 is 5.32 Å². The first kappa shape index (κ1) is 20.3. The number of carbonyl (C=O) groups excluding carboxylic acids is 1. The fraction of sp³-hybridized carbons (Fsp3) is 0.348. The fourth-order valence-corrected chi connectivity index (χ4v) is 5.19. The van der Waals surface area contributed by atoms with Gasteiger partial charge in [-0.2, -0.15) is 0 Å². The van der Waals surface area contributed by atoms with E-state index in [0.29, 0.717) is 25.1 Å². The van der Waals surface area contributed by atoms with E-state index in [4.69, 9.17) is 5.41 Å². The van der Waals surface area contributed by atoms with E-state index < -0.39 is 5.41 Å². The van der Waals surface area contributed by atoms with Crippen molar-refractivity contribution in [2.45, 2.75) is 44.6 Å². The lowest BCUT2D eigenvalue weighted by molar-refractivity contribution is -0.568. The second-order valence-electron chi connectivity index (χ2n) is 8.01. The maximum absolute atomic E-state index is 12.9. The van der Waals surface area contributed by atoms with E-state index in [1.165, 1.54) is 4.88 Å². The summed E-state index contributed by atoms with van der Waals surface area (Å²) >= 11 is 1.64. The van der Waals surface area contributed by atoms with E-state index in [9.17, 15) is 9.70 Å². The summed E-state index contributed by atoms with van der Waals surface area (Å²) < 4.78 is 0.973. The Morgan fingerprint density at radius 3 is 2.90 bits per heavy atom. The number of aromatic nitrogens is 1. The van der Waals surface area contributed by atoms with Crippen molar-refractivity contribution < 1.29 is 9.55 Å². The van der Waals surface area contributed by atoms with Crippen LogP contribution in [-0.2, 0) is 16.6 Å². The van der Waals surface area contributed by atoms with Crippen LogP contribution in [0.3, 0.4) is 0 Å². The van der Waals surface area contributed by atoms with Gasteiger partial charge in [-0.25, -0.2) is 4.98 Å². The minimum Gasteiger partial charge on any atom is -0.310 e.